The zero-order valence-electron chi connectivity index (χ0n) is 21.8. The van der Waals surface area contributed by atoms with Crippen LogP contribution in [0.5, 0.6) is 0 Å². The average molecular weight is 574 g/mol. The molecule has 0 aromatic carbocycles. The van der Waals surface area contributed by atoms with Gasteiger partial charge in [-0.15, -0.1) is 11.3 Å². The van der Waals surface area contributed by atoms with Crippen LogP contribution in [0.1, 0.15) is 52.3 Å². The normalized spacial score (nSPS) is 22.2. The zero-order chi connectivity index (χ0) is 29.0. The molecule has 4 heterocycles. The molecule has 0 radical (unpaired) electrons. The number of nitrogens with one attached hydrogen (secondary N) is 2. The van der Waals surface area contributed by atoms with Gasteiger partial charge in [0.25, 0.3) is 11.8 Å². The van der Waals surface area contributed by atoms with E-state index >= 15 is 0 Å². The molecule has 40 heavy (non-hydrogen) atoms. The highest BCUT2D eigenvalue weighted by atomic mass is 32.1. The number of hydrogen-bond acceptors (Lipinski definition) is 7. The Kier molecular flexibility index (Phi) is 8.87. The van der Waals surface area contributed by atoms with Gasteiger partial charge in [0.1, 0.15) is 17.8 Å². The fourth-order valence-electron chi connectivity index (χ4n) is 5.20. The molecule has 0 bridgehead atoms. The summed E-state index contributed by atoms with van der Waals surface area (Å²) in [5.41, 5.74) is 0.407. The van der Waals surface area contributed by atoms with Crippen molar-refractivity contribution >= 4 is 46.9 Å². The minimum absolute atomic E-state index is 0.0265. The van der Waals surface area contributed by atoms with Crippen LogP contribution in [0.2, 0.25) is 0 Å². The number of carboxylic acid groups (broad SMARTS) is 2. The summed E-state index contributed by atoms with van der Waals surface area (Å²) in [5, 5.41) is 26.6. The first-order chi connectivity index (χ1) is 19.0. The molecule has 4 atom stereocenters. The van der Waals surface area contributed by atoms with Crippen molar-refractivity contribution in [1.82, 2.24) is 25.0 Å². The third kappa shape index (κ3) is 6.50. The lowest BCUT2D eigenvalue weighted by Crippen LogP contribution is -2.42. The van der Waals surface area contributed by atoms with E-state index in [1.807, 2.05) is 0 Å². The molecule has 0 spiro atoms. The summed E-state index contributed by atoms with van der Waals surface area (Å²) in [6, 6.07) is 3.45. The highest BCUT2D eigenvalue weighted by molar-refractivity contribution is 7.12. The monoisotopic (exact) mass is 573 g/mol. The number of aryl methyl sites for hydroxylation is 1. The molecule has 2 fully saturated rings. The predicted molar refractivity (Wildman–Crippen MR) is 142 cm³/mol. The largest absolute Gasteiger partial charge is 0.480 e. The quantitative estimate of drug-likeness (QED) is 0.318. The zero-order valence-corrected chi connectivity index (χ0v) is 22.6. The second-order valence-corrected chi connectivity index (χ2v) is 10.9. The molecular formula is C26H31N5O8S. The highest BCUT2D eigenvalue weighted by Crippen LogP contribution is 2.23. The van der Waals surface area contributed by atoms with Gasteiger partial charge in [-0.1, -0.05) is 6.07 Å². The van der Waals surface area contributed by atoms with Crippen molar-refractivity contribution in [2.24, 2.45) is 7.05 Å². The number of nitrogens with zero attached hydrogens (tertiary/aromatic N) is 3. The molecule has 4 amide bonds. The predicted octanol–water partition coefficient (Wildman–Crippen LogP) is 0.525. The lowest BCUT2D eigenvalue weighted by Gasteiger charge is -2.23. The van der Waals surface area contributed by atoms with Crippen LogP contribution in [0.15, 0.2) is 35.8 Å². The van der Waals surface area contributed by atoms with Crippen LogP contribution >= 0.6 is 11.3 Å². The van der Waals surface area contributed by atoms with E-state index in [9.17, 15) is 39.0 Å². The number of hydrogen-bond donors (Lipinski definition) is 4. The van der Waals surface area contributed by atoms with Crippen LogP contribution in [0, 0.1) is 0 Å². The summed E-state index contributed by atoms with van der Waals surface area (Å²) in [4.78, 5) is 77.2. The van der Waals surface area contributed by atoms with Crippen LogP contribution in [0.25, 0.3) is 0 Å². The molecule has 2 aliphatic heterocycles. The Labute approximate surface area is 233 Å². The number of aromatic nitrogens is 1. The number of likely N-dealkylation sites (tertiary alicyclic amines) is 2. The van der Waals surface area contributed by atoms with Crippen LogP contribution in [-0.2, 0) is 26.2 Å². The first-order valence-electron chi connectivity index (χ1n) is 12.9. The second-order valence-electron chi connectivity index (χ2n) is 9.95. The lowest BCUT2D eigenvalue weighted by atomic mass is 10.1. The number of carbonyl (C=O) groups is 6. The van der Waals surface area contributed by atoms with Gasteiger partial charge < -0.3 is 35.2 Å². The Morgan fingerprint density at radius 2 is 1.40 bits per heavy atom. The number of carboxylic acids is 2. The van der Waals surface area contributed by atoms with E-state index in [2.05, 4.69) is 10.6 Å². The molecule has 2 aliphatic rings. The van der Waals surface area contributed by atoms with Crippen molar-refractivity contribution in [2.75, 3.05) is 13.1 Å². The molecule has 2 saturated heterocycles. The average Bonchev–Trinajstić information content (AvgIpc) is 3.69. The standard InChI is InChI=1S/C26H31N5O8S/c1-29-9-3-5-17(29)23(34)27-15-11-18(25(36)37)30(13-15)21(32)7-2-8-22(33)31-14-16(12-19(31)26(38)39)28-24(35)20-6-4-10-40-20/h3-6,9-10,15-16,18-19H,2,7-8,11-14H2,1H3,(H,27,34)(H,28,35)(H,36,37)(H,38,39). The first kappa shape index (κ1) is 28.8. The maximum Gasteiger partial charge on any atom is 0.326 e. The number of rotatable bonds is 10. The van der Waals surface area contributed by atoms with Crippen LogP contribution < -0.4 is 10.6 Å². The molecule has 0 aliphatic carbocycles. The number of carbonyl (C=O) groups excluding carboxylic acids is 4. The second kappa shape index (κ2) is 12.3. The fraction of sp³-hybridized carbons (Fsp3) is 0.462. The summed E-state index contributed by atoms with van der Waals surface area (Å²) >= 11 is 1.25. The van der Waals surface area contributed by atoms with Gasteiger partial charge in [-0.05, 0) is 30.0 Å². The summed E-state index contributed by atoms with van der Waals surface area (Å²) < 4.78 is 1.63. The number of amides is 4. The molecule has 13 nitrogen and oxygen atoms in total. The lowest BCUT2D eigenvalue weighted by molar-refractivity contribution is -0.149. The van der Waals surface area contributed by atoms with Gasteiger partial charge in [0.15, 0.2) is 0 Å². The Morgan fingerprint density at radius 1 is 0.850 bits per heavy atom. The minimum atomic E-state index is -1.18. The third-order valence-corrected chi connectivity index (χ3v) is 8.05. The van der Waals surface area contributed by atoms with Gasteiger partial charge in [0.2, 0.25) is 11.8 Å². The molecule has 2 aromatic heterocycles. The van der Waals surface area contributed by atoms with Gasteiger partial charge in [0.05, 0.1) is 4.88 Å². The van der Waals surface area contributed by atoms with E-state index in [1.54, 1.807) is 47.5 Å². The number of thiophene rings is 1. The van der Waals surface area contributed by atoms with Crippen LogP contribution in [0.4, 0.5) is 0 Å². The summed E-state index contributed by atoms with van der Waals surface area (Å²) in [6.07, 6.45) is 1.71. The topological polar surface area (TPSA) is 178 Å². The van der Waals surface area contributed by atoms with E-state index < -0.39 is 47.9 Å². The van der Waals surface area contributed by atoms with E-state index in [0.717, 1.165) is 0 Å². The van der Waals surface area contributed by atoms with Gasteiger partial charge in [-0.25, -0.2) is 9.59 Å². The summed E-state index contributed by atoms with van der Waals surface area (Å²) in [5.74, 6) is -3.99. The van der Waals surface area contributed by atoms with Crippen molar-refractivity contribution in [3.8, 4) is 0 Å². The summed E-state index contributed by atoms with van der Waals surface area (Å²) in [6.45, 7) is 0.0648. The molecule has 14 heteroatoms. The van der Waals surface area contributed by atoms with Gasteiger partial charge >= 0.3 is 11.9 Å². The van der Waals surface area contributed by atoms with Crippen molar-refractivity contribution in [3.63, 3.8) is 0 Å². The minimum Gasteiger partial charge on any atom is -0.480 e. The van der Waals surface area contributed by atoms with E-state index in [1.165, 1.54) is 21.1 Å². The molecule has 4 rings (SSSR count). The molecule has 214 valence electrons. The van der Waals surface area contributed by atoms with E-state index in [-0.39, 0.29) is 57.0 Å². The highest BCUT2D eigenvalue weighted by Gasteiger charge is 2.42. The van der Waals surface area contributed by atoms with Gasteiger partial charge in [-0.2, -0.15) is 0 Å². The van der Waals surface area contributed by atoms with Crippen molar-refractivity contribution in [3.05, 3.63) is 46.4 Å². The Morgan fingerprint density at radius 3 is 1.85 bits per heavy atom. The van der Waals surface area contributed by atoms with Crippen molar-refractivity contribution < 1.29 is 39.0 Å². The maximum absolute atomic E-state index is 12.9. The maximum atomic E-state index is 12.9. The smallest absolute Gasteiger partial charge is 0.326 e. The molecular weight excluding hydrogens is 542 g/mol. The Bertz CT molecular complexity index is 1290. The molecule has 4 unspecified atom stereocenters. The van der Waals surface area contributed by atoms with E-state index in [0.29, 0.717) is 10.6 Å². The molecule has 0 saturated carbocycles. The van der Waals surface area contributed by atoms with Crippen LogP contribution in [0.3, 0.4) is 0 Å². The molecule has 2 aromatic rings. The molecule has 4 N–H and O–H groups in total. The van der Waals surface area contributed by atoms with E-state index in [4.69, 9.17) is 0 Å². The number of aliphatic carboxylic acids is 2. The Hall–Kier alpha value is -4.20. The van der Waals surface area contributed by atoms with Gasteiger partial charge in [-0.3, -0.25) is 19.2 Å². The summed E-state index contributed by atoms with van der Waals surface area (Å²) in [7, 11) is 1.71. The van der Waals surface area contributed by atoms with Crippen LogP contribution in [-0.4, -0.2) is 97.4 Å². The fourth-order valence-corrected chi connectivity index (χ4v) is 5.83. The Balaban J connectivity index is 1.29. The third-order valence-electron chi connectivity index (χ3n) is 7.19. The van der Waals surface area contributed by atoms with Crippen molar-refractivity contribution in [2.45, 2.75) is 56.3 Å². The van der Waals surface area contributed by atoms with Gasteiger partial charge in [0, 0.05) is 64.1 Å². The SMILES string of the molecule is Cn1cccc1C(=O)NC1CC(C(=O)O)N(C(=O)CCCC(=O)N2CC(NC(=O)c3cccs3)CC2C(=O)O)C1. The first-order valence-corrected chi connectivity index (χ1v) is 13.7. The van der Waals surface area contributed by atoms with Crippen molar-refractivity contribution in [1.29, 1.82) is 0 Å².